The summed E-state index contributed by atoms with van der Waals surface area (Å²) in [6.45, 7) is 0. The summed E-state index contributed by atoms with van der Waals surface area (Å²) in [5.74, 6) is -0.616. The van der Waals surface area contributed by atoms with Crippen LogP contribution in [-0.4, -0.2) is 26.5 Å². The topological polar surface area (TPSA) is 107 Å². The van der Waals surface area contributed by atoms with Crippen molar-refractivity contribution < 1.29 is 4.79 Å². The van der Waals surface area contributed by atoms with E-state index in [1.807, 2.05) is 6.07 Å². The Hall–Kier alpha value is -2.27. The predicted octanol–water partition coefficient (Wildman–Crippen LogP) is 1.09. The first-order valence-corrected chi connectivity index (χ1v) is 5.24. The van der Waals surface area contributed by atoms with E-state index in [1.165, 1.54) is 0 Å². The van der Waals surface area contributed by atoms with Gasteiger partial charge in [-0.25, -0.2) is 0 Å². The summed E-state index contributed by atoms with van der Waals surface area (Å²) in [7, 11) is 0. The van der Waals surface area contributed by atoms with Crippen LogP contribution in [0.25, 0.3) is 0 Å². The van der Waals surface area contributed by atoms with Crippen LogP contribution in [0.2, 0.25) is 0 Å². The Kier molecular flexibility index (Phi) is 3.11. The highest BCUT2D eigenvalue weighted by Crippen LogP contribution is 2.20. The van der Waals surface area contributed by atoms with Gasteiger partial charge in [-0.1, -0.05) is 15.9 Å². The molecule has 2 aromatic rings. The Labute approximate surface area is 104 Å². The lowest BCUT2D eigenvalue weighted by molar-refractivity contribution is 0.101. The van der Waals surface area contributed by atoms with Gasteiger partial charge < -0.3 is 5.32 Å². The van der Waals surface area contributed by atoms with Gasteiger partial charge >= 0.3 is 0 Å². The number of aromatic amines is 1. The number of nitrogens with zero attached hydrogens (tertiary/aromatic N) is 4. The monoisotopic (exact) mass is 292 g/mol. The molecule has 2 rings (SSSR count). The number of H-pyrrole nitrogens is 1. The minimum Gasteiger partial charge on any atom is -0.318 e. The van der Waals surface area contributed by atoms with Gasteiger partial charge in [0.05, 0.1) is 11.3 Å². The quantitative estimate of drug-likeness (QED) is 0.861. The molecule has 0 fully saturated rings. The van der Waals surface area contributed by atoms with E-state index in [0.29, 0.717) is 11.3 Å². The van der Waals surface area contributed by atoms with Crippen LogP contribution in [0.5, 0.6) is 0 Å². The molecule has 84 valence electrons. The lowest BCUT2D eigenvalue weighted by Gasteiger charge is -2.04. The molecule has 0 saturated heterocycles. The highest BCUT2D eigenvalue weighted by atomic mass is 79.9. The Morgan fingerprint density at radius 1 is 1.53 bits per heavy atom. The molecule has 0 aliphatic heterocycles. The molecule has 0 unspecified atom stereocenters. The van der Waals surface area contributed by atoms with E-state index in [2.05, 4.69) is 41.9 Å². The molecule has 0 aliphatic carbocycles. The standard InChI is InChI=1S/C9H5BrN6O/c10-6-1-2-7(5(3-6)4-11)12-9(17)8-13-15-16-14-8/h1-3H,(H,12,17)(H,13,14,15,16). The molecule has 1 aromatic heterocycles. The van der Waals surface area contributed by atoms with Crippen molar-refractivity contribution in [3.05, 3.63) is 34.1 Å². The average Bonchev–Trinajstić information content (AvgIpc) is 2.85. The second kappa shape index (κ2) is 4.71. The summed E-state index contributed by atoms with van der Waals surface area (Å²) in [5, 5.41) is 23.9. The van der Waals surface area contributed by atoms with Crippen LogP contribution in [0.4, 0.5) is 5.69 Å². The molecule has 1 aromatic carbocycles. The Morgan fingerprint density at radius 2 is 2.35 bits per heavy atom. The zero-order chi connectivity index (χ0) is 12.3. The third kappa shape index (κ3) is 2.46. The van der Waals surface area contributed by atoms with Gasteiger partial charge in [-0.2, -0.15) is 10.5 Å². The number of carbonyl (C=O) groups excluding carboxylic acids is 1. The number of tetrazole rings is 1. The second-order valence-electron chi connectivity index (χ2n) is 2.99. The molecular weight excluding hydrogens is 288 g/mol. The van der Waals surface area contributed by atoms with Crippen molar-refractivity contribution in [2.75, 3.05) is 5.32 Å². The number of carbonyl (C=O) groups is 1. The van der Waals surface area contributed by atoms with Gasteiger partial charge in [0, 0.05) is 4.47 Å². The number of amides is 1. The third-order valence-corrected chi connectivity index (χ3v) is 2.39. The van der Waals surface area contributed by atoms with Crippen molar-refractivity contribution >= 4 is 27.5 Å². The average molecular weight is 293 g/mol. The third-order valence-electron chi connectivity index (χ3n) is 1.90. The fourth-order valence-electron chi connectivity index (χ4n) is 1.15. The van der Waals surface area contributed by atoms with Gasteiger partial charge in [0.15, 0.2) is 0 Å². The number of halogens is 1. The van der Waals surface area contributed by atoms with Gasteiger partial charge in [0.1, 0.15) is 6.07 Å². The van der Waals surface area contributed by atoms with Gasteiger partial charge in [-0.05, 0) is 23.4 Å². The summed E-state index contributed by atoms with van der Waals surface area (Å²) < 4.78 is 0.756. The maximum atomic E-state index is 11.6. The molecule has 1 heterocycles. The molecule has 0 atom stereocenters. The minimum atomic E-state index is -0.530. The van der Waals surface area contributed by atoms with Gasteiger partial charge in [-0.3, -0.25) is 4.79 Å². The minimum absolute atomic E-state index is 0.0863. The van der Waals surface area contributed by atoms with Crippen LogP contribution in [0.3, 0.4) is 0 Å². The van der Waals surface area contributed by atoms with Crippen molar-refractivity contribution in [2.45, 2.75) is 0 Å². The number of anilines is 1. The van der Waals surface area contributed by atoms with E-state index < -0.39 is 5.91 Å². The van der Waals surface area contributed by atoms with Crippen LogP contribution in [-0.2, 0) is 0 Å². The summed E-state index contributed by atoms with van der Waals surface area (Å²) in [6.07, 6.45) is 0. The highest BCUT2D eigenvalue weighted by Gasteiger charge is 2.13. The lowest BCUT2D eigenvalue weighted by atomic mass is 10.2. The molecule has 7 nitrogen and oxygen atoms in total. The van der Waals surface area contributed by atoms with E-state index in [-0.39, 0.29) is 5.82 Å². The molecule has 0 saturated carbocycles. The Bertz CT molecular complexity index is 588. The second-order valence-corrected chi connectivity index (χ2v) is 3.91. The molecular formula is C9H5BrN6O. The van der Waals surface area contributed by atoms with Crippen molar-refractivity contribution in [1.82, 2.24) is 20.6 Å². The summed E-state index contributed by atoms with van der Waals surface area (Å²) in [5.41, 5.74) is 0.738. The van der Waals surface area contributed by atoms with Crippen LogP contribution in [0, 0.1) is 11.3 Å². The van der Waals surface area contributed by atoms with Crippen molar-refractivity contribution in [3.8, 4) is 6.07 Å². The van der Waals surface area contributed by atoms with E-state index >= 15 is 0 Å². The first-order chi connectivity index (χ1) is 8.20. The Balaban J connectivity index is 2.25. The van der Waals surface area contributed by atoms with E-state index in [1.54, 1.807) is 18.2 Å². The smallest absolute Gasteiger partial charge is 0.297 e. The fourth-order valence-corrected chi connectivity index (χ4v) is 1.52. The molecule has 0 spiro atoms. The molecule has 0 bridgehead atoms. The maximum Gasteiger partial charge on any atom is 0.297 e. The maximum absolute atomic E-state index is 11.6. The highest BCUT2D eigenvalue weighted by molar-refractivity contribution is 9.10. The number of nitriles is 1. The van der Waals surface area contributed by atoms with E-state index in [4.69, 9.17) is 5.26 Å². The summed E-state index contributed by atoms with van der Waals surface area (Å²) >= 11 is 3.24. The van der Waals surface area contributed by atoms with Gasteiger partial charge in [0.2, 0.25) is 0 Å². The molecule has 8 heteroatoms. The van der Waals surface area contributed by atoms with Crippen molar-refractivity contribution in [3.63, 3.8) is 0 Å². The molecule has 0 radical (unpaired) electrons. The summed E-state index contributed by atoms with van der Waals surface area (Å²) in [6, 6.07) is 6.91. The Morgan fingerprint density at radius 3 is 3.00 bits per heavy atom. The van der Waals surface area contributed by atoms with E-state index in [0.717, 1.165) is 4.47 Å². The molecule has 17 heavy (non-hydrogen) atoms. The fraction of sp³-hybridized carbons (Fsp3) is 0. The van der Waals surface area contributed by atoms with Crippen molar-refractivity contribution in [1.29, 1.82) is 5.26 Å². The van der Waals surface area contributed by atoms with Gasteiger partial charge in [0.25, 0.3) is 11.7 Å². The number of hydrogen-bond acceptors (Lipinski definition) is 5. The molecule has 2 N–H and O–H groups in total. The first-order valence-electron chi connectivity index (χ1n) is 4.45. The predicted molar refractivity (Wildman–Crippen MR) is 61.0 cm³/mol. The van der Waals surface area contributed by atoms with Crippen LogP contribution in [0.15, 0.2) is 22.7 Å². The lowest BCUT2D eigenvalue weighted by Crippen LogP contribution is -2.14. The number of aromatic nitrogens is 4. The largest absolute Gasteiger partial charge is 0.318 e. The van der Waals surface area contributed by atoms with Crippen molar-refractivity contribution in [2.24, 2.45) is 0 Å². The number of benzene rings is 1. The normalized spacial score (nSPS) is 9.65. The number of nitrogens with one attached hydrogen (secondary N) is 2. The van der Waals surface area contributed by atoms with Crippen LogP contribution in [0.1, 0.15) is 16.2 Å². The SMILES string of the molecule is N#Cc1cc(Br)ccc1NC(=O)c1nn[nH]n1. The molecule has 0 aliphatic rings. The van der Waals surface area contributed by atoms with Crippen LogP contribution >= 0.6 is 15.9 Å². The first kappa shape index (κ1) is 11.2. The summed E-state index contributed by atoms with van der Waals surface area (Å²) in [4.78, 5) is 11.6. The number of hydrogen-bond donors (Lipinski definition) is 2. The van der Waals surface area contributed by atoms with Gasteiger partial charge in [-0.15, -0.1) is 10.2 Å². The zero-order valence-electron chi connectivity index (χ0n) is 8.31. The van der Waals surface area contributed by atoms with E-state index in [9.17, 15) is 4.79 Å². The zero-order valence-corrected chi connectivity index (χ0v) is 9.89. The molecule has 1 amide bonds. The number of rotatable bonds is 2. The van der Waals surface area contributed by atoms with Crippen LogP contribution < -0.4 is 5.32 Å².